The SMILES string of the molecule is Cc1cccc(C)c1COc1cncc(C#CCCCl)c1. The molecule has 0 atom stereocenters. The molecule has 2 rings (SSSR count). The Hall–Kier alpha value is -1.98. The molecule has 2 nitrogen and oxygen atoms in total. The lowest BCUT2D eigenvalue weighted by atomic mass is 10.0. The van der Waals surface area contributed by atoms with E-state index >= 15 is 0 Å². The van der Waals surface area contributed by atoms with Crippen molar-refractivity contribution in [1.82, 2.24) is 4.98 Å². The molecule has 0 aliphatic rings. The summed E-state index contributed by atoms with van der Waals surface area (Å²) in [6, 6.07) is 8.15. The van der Waals surface area contributed by atoms with Crippen LogP contribution < -0.4 is 4.74 Å². The molecular weight excluding hydrogens is 282 g/mol. The molecule has 0 spiro atoms. The number of hydrogen-bond acceptors (Lipinski definition) is 2. The van der Waals surface area contributed by atoms with Crippen molar-refractivity contribution in [3.63, 3.8) is 0 Å². The third-order valence-corrected chi connectivity index (χ3v) is 3.38. The zero-order valence-corrected chi connectivity index (χ0v) is 13.1. The molecule has 0 saturated carbocycles. The summed E-state index contributed by atoms with van der Waals surface area (Å²) in [5, 5.41) is 0. The standard InChI is InChI=1S/C18H18ClNO/c1-14-6-5-7-15(2)18(14)13-21-17-10-16(11-20-12-17)8-3-4-9-19/h5-7,10-12H,4,9,13H2,1-2H3. The highest BCUT2D eigenvalue weighted by molar-refractivity contribution is 6.18. The number of aryl methyl sites for hydroxylation is 2. The van der Waals surface area contributed by atoms with Gasteiger partial charge < -0.3 is 4.74 Å². The molecule has 0 saturated heterocycles. The number of pyridine rings is 1. The Bertz CT molecular complexity index is 650. The summed E-state index contributed by atoms with van der Waals surface area (Å²) in [5.41, 5.74) is 4.54. The van der Waals surface area contributed by atoms with Crippen LogP contribution in [0.15, 0.2) is 36.7 Å². The minimum absolute atomic E-state index is 0.540. The lowest BCUT2D eigenvalue weighted by Gasteiger charge is -2.11. The summed E-state index contributed by atoms with van der Waals surface area (Å²) in [6.45, 7) is 4.73. The number of rotatable bonds is 4. The zero-order valence-electron chi connectivity index (χ0n) is 12.3. The van der Waals surface area contributed by atoms with Crippen molar-refractivity contribution >= 4 is 11.6 Å². The van der Waals surface area contributed by atoms with Gasteiger partial charge in [-0.2, -0.15) is 0 Å². The minimum atomic E-state index is 0.540. The highest BCUT2D eigenvalue weighted by Gasteiger charge is 2.03. The van der Waals surface area contributed by atoms with E-state index in [-0.39, 0.29) is 0 Å². The van der Waals surface area contributed by atoms with E-state index in [2.05, 4.69) is 48.9 Å². The van der Waals surface area contributed by atoms with Gasteiger partial charge in [0.1, 0.15) is 12.4 Å². The number of alkyl halides is 1. The van der Waals surface area contributed by atoms with E-state index in [0.717, 1.165) is 11.3 Å². The van der Waals surface area contributed by atoms with Gasteiger partial charge in [0, 0.05) is 24.1 Å². The van der Waals surface area contributed by atoms with E-state index in [9.17, 15) is 0 Å². The second-order valence-corrected chi connectivity index (χ2v) is 5.19. The molecule has 0 radical (unpaired) electrons. The Labute approximate surface area is 131 Å². The van der Waals surface area contributed by atoms with Crippen molar-refractivity contribution in [2.75, 3.05) is 5.88 Å². The van der Waals surface area contributed by atoms with Gasteiger partial charge in [-0.05, 0) is 36.6 Å². The molecule has 1 heterocycles. The van der Waals surface area contributed by atoms with Crippen LogP contribution in [0.3, 0.4) is 0 Å². The van der Waals surface area contributed by atoms with Crippen LogP contribution in [0, 0.1) is 25.7 Å². The summed E-state index contributed by atoms with van der Waals surface area (Å²) in [7, 11) is 0. The van der Waals surface area contributed by atoms with Crippen molar-refractivity contribution in [3.8, 4) is 17.6 Å². The molecule has 0 aliphatic carbocycles. The first kappa shape index (κ1) is 15.4. The van der Waals surface area contributed by atoms with Crippen LogP contribution in [-0.4, -0.2) is 10.9 Å². The predicted molar refractivity (Wildman–Crippen MR) is 86.7 cm³/mol. The van der Waals surface area contributed by atoms with Crippen LogP contribution in [0.1, 0.15) is 28.7 Å². The van der Waals surface area contributed by atoms with Crippen molar-refractivity contribution in [1.29, 1.82) is 0 Å². The number of ether oxygens (including phenoxy) is 1. The predicted octanol–water partition coefficient (Wildman–Crippen LogP) is 4.26. The van der Waals surface area contributed by atoms with Crippen molar-refractivity contribution in [2.45, 2.75) is 26.9 Å². The number of aromatic nitrogens is 1. The smallest absolute Gasteiger partial charge is 0.139 e. The highest BCUT2D eigenvalue weighted by Crippen LogP contribution is 2.17. The quantitative estimate of drug-likeness (QED) is 0.622. The summed E-state index contributed by atoms with van der Waals surface area (Å²) in [4.78, 5) is 4.16. The normalized spacial score (nSPS) is 9.86. The molecule has 3 heteroatoms. The first-order valence-corrected chi connectivity index (χ1v) is 7.42. The first-order valence-electron chi connectivity index (χ1n) is 6.88. The van der Waals surface area contributed by atoms with Crippen LogP contribution >= 0.6 is 11.6 Å². The van der Waals surface area contributed by atoms with Gasteiger partial charge in [0.25, 0.3) is 0 Å². The Balaban J connectivity index is 2.07. The van der Waals surface area contributed by atoms with Crippen molar-refractivity contribution in [3.05, 3.63) is 58.9 Å². The van der Waals surface area contributed by atoms with Gasteiger partial charge in [-0.3, -0.25) is 4.98 Å². The van der Waals surface area contributed by atoms with E-state index in [4.69, 9.17) is 16.3 Å². The third kappa shape index (κ3) is 4.51. The zero-order chi connectivity index (χ0) is 15.1. The minimum Gasteiger partial charge on any atom is -0.487 e. The molecule has 0 unspecified atom stereocenters. The molecule has 21 heavy (non-hydrogen) atoms. The summed E-state index contributed by atoms with van der Waals surface area (Å²) in [6.07, 6.45) is 4.11. The molecule has 1 aromatic carbocycles. The van der Waals surface area contributed by atoms with E-state index < -0.39 is 0 Å². The van der Waals surface area contributed by atoms with Crippen molar-refractivity contribution in [2.24, 2.45) is 0 Å². The molecule has 0 N–H and O–H groups in total. The van der Waals surface area contributed by atoms with Gasteiger partial charge in [0.05, 0.1) is 6.20 Å². The van der Waals surface area contributed by atoms with Crippen LogP contribution in [0.4, 0.5) is 0 Å². The molecule has 1 aromatic heterocycles. The summed E-state index contributed by atoms with van der Waals surface area (Å²) < 4.78 is 5.84. The molecule has 108 valence electrons. The average molecular weight is 300 g/mol. The number of halogens is 1. The Morgan fingerprint density at radius 2 is 1.95 bits per heavy atom. The maximum absolute atomic E-state index is 5.84. The van der Waals surface area contributed by atoms with Gasteiger partial charge in [-0.25, -0.2) is 0 Å². The fraction of sp³-hybridized carbons (Fsp3) is 0.278. The van der Waals surface area contributed by atoms with Gasteiger partial charge >= 0.3 is 0 Å². The van der Waals surface area contributed by atoms with Crippen LogP contribution in [0.5, 0.6) is 5.75 Å². The lowest BCUT2D eigenvalue weighted by Crippen LogP contribution is -2.01. The fourth-order valence-corrected chi connectivity index (χ4v) is 2.10. The van der Waals surface area contributed by atoms with E-state index in [1.54, 1.807) is 12.4 Å². The molecule has 0 amide bonds. The average Bonchev–Trinajstić information content (AvgIpc) is 2.47. The Morgan fingerprint density at radius 3 is 2.67 bits per heavy atom. The largest absolute Gasteiger partial charge is 0.487 e. The third-order valence-electron chi connectivity index (χ3n) is 3.19. The first-order chi connectivity index (χ1) is 10.2. The van der Waals surface area contributed by atoms with Gasteiger partial charge in [0.2, 0.25) is 0 Å². The number of hydrogen-bond donors (Lipinski definition) is 0. The van der Waals surface area contributed by atoms with Gasteiger partial charge in [-0.15, -0.1) is 11.6 Å². The maximum atomic E-state index is 5.84. The monoisotopic (exact) mass is 299 g/mol. The van der Waals surface area contributed by atoms with E-state index in [1.807, 2.05) is 6.07 Å². The second-order valence-electron chi connectivity index (χ2n) is 4.81. The van der Waals surface area contributed by atoms with E-state index in [1.165, 1.54) is 16.7 Å². The van der Waals surface area contributed by atoms with E-state index in [0.29, 0.717) is 18.9 Å². The molecular formula is C18H18ClNO. The number of nitrogens with zero attached hydrogens (tertiary/aromatic N) is 1. The highest BCUT2D eigenvalue weighted by atomic mass is 35.5. The Morgan fingerprint density at radius 1 is 1.19 bits per heavy atom. The van der Waals surface area contributed by atoms with Crippen LogP contribution in [-0.2, 0) is 6.61 Å². The van der Waals surface area contributed by atoms with Crippen LogP contribution in [0.2, 0.25) is 0 Å². The topological polar surface area (TPSA) is 22.1 Å². The molecule has 0 aliphatic heterocycles. The fourth-order valence-electron chi connectivity index (χ4n) is 2.01. The number of benzene rings is 1. The van der Waals surface area contributed by atoms with Gasteiger partial charge in [-0.1, -0.05) is 30.0 Å². The molecule has 0 bridgehead atoms. The van der Waals surface area contributed by atoms with Crippen molar-refractivity contribution < 1.29 is 4.74 Å². The maximum Gasteiger partial charge on any atom is 0.139 e. The summed E-state index contributed by atoms with van der Waals surface area (Å²) >= 11 is 5.60. The Kier molecular flexibility index (Phi) is 5.66. The van der Waals surface area contributed by atoms with Crippen LogP contribution in [0.25, 0.3) is 0 Å². The summed E-state index contributed by atoms with van der Waals surface area (Å²) in [5.74, 6) is 7.30. The second kappa shape index (κ2) is 7.71. The van der Waals surface area contributed by atoms with Gasteiger partial charge in [0.15, 0.2) is 0 Å². The lowest BCUT2D eigenvalue weighted by molar-refractivity contribution is 0.303. The molecule has 0 fully saturated rings. The molecule has 2 aromatic rings.